The monoisotopic (exact) mass is 347 g/mol. The highest BCUT2D eigenvalue weighted by Gasteiger charge is 2.42. The lowest BCUT2D eigenvalue weighted by Gasteiger charge is -2.25. The largest absolute Gasteiger partial charge is 0.573 e. The first kappa shape index (κ1) is 17.9. The molecule has 0 saturated heterocycles. The molecule has 1 aromatic carbocycles. The summed E-state index contributed by atoms with van der Waals surface area (Å²) in [6.07, 6.45) is -2.63. The number of carbonyl (C=O) groups excluding carboxylic acids is 1. The van der Waals surface area contributed by atoms with Crippen LogP contribution in [-0.4, -0.2) is 35.5 Å². The van der Waals surface area contributed by atoms with Crippen molar-refractivity contribution in [2.75, 3.05) is 6.61 Å². The number of hydrogen-bond donors (Lipinski definition) is 2. The van der Waals surface area contributed by atoms with Crippen LogP contribution in [0, 0.1) is 0 Å². The lowest BCUT2D eigenvalue weighted by Crippen LogP contribution is -2.53. The second-order valence-electron chi connectivity index (χ2n) is 5.45. The molecule has 1 fully saturated rings. The third kappa shape index (κ3) is 4.77. The van der Waals surface area contributed by atoms with E-state index in [1.165, 1.54) is 12.1 Å². The van der Waals surface area contributed by atoms with Crippen LogP contribution in [0.2, 0.25) is 0 Å². The second kappa shape index (κ2) is 6.98. The molecule has 0 aromatic heterocycles. The number of amides is 1. The minimum atomic E-state index is -4.78. The minimum absolute atomic E-state index is 0.162. The molecule has 0 atom stereocenters. The smallest absolute Gasteiger partial charge is 0.484 e. The Morgan fingerprint density at radius 3 is 2.17 bits per heavy atom. The van der Waals surface area contributed by atoms with Crippen LogP contribution in [-0.2, 0) is 9.59 Å². The number of alkyl halides is 3. The van der Waals surface area contributed by atoms with Crippen molar-refractivity contribution in [3.05, 3.63) is 24.3 Å². The van der Waals surface area contributed by atoms with E-state index < -0.39 is 36.1 Å². The maximum absolute atomic E-state index is 12.0. The van der Waals surface area contributed by atoms with Gasteiger partial charge >= 0.3 is 12.3 Å². The van der Waals surface area contributed by atoms with Crippen LogP contribution in [0.15, 0.2) is 24.3 Å². The molecule has 0 radical (unpaired) electrons. The van der Waals surface area contributed by atoms with Gasteiger partial charge in [0.1, 0.15) is 17.0 Å². The topological polar surface area (TPSA) is 84.9 Å². The molecular formula is C15H16F3NO5. The number of carboxylic acid groups (broad SMARTS) is 1. The van der Waals surface area contributed by atoms with E-state index in [2.05, 4.69) is 10.1 Å². The first-order valence-corrected chi connectivity index (χ1v) is 7.23. The summed E-state index contributed by atoms with van der Waals surface area (Å²) in [5.74, 6) is -1.93. The van der Waals surface area contributed by atoms with E-state index in [1.54, 1.807) is 0 Å². The van der Waals surface area contributed by atoms with E-state index in [0.717, 1.165) is 12.1 Å². The summed E-state index contributed by atoms with van der Waals surface area (Å²) < 4.78 is 45.0. The number of nitrogens with one attached hydrogen (secondary N) is 1. The van der Waals surface area contributed by atoms with Gasteiger partial charge in [-0.05, 0) is 37.1 Å². The number of benzene rings is 1. The summed E-state index contributed by atoms with van der Waals surface area (Å²) in [4.78, 5) is 23.2. The Morgan fingerprint density at radius 1 is 1.12 bits per heavy atom. The predicted octanol–water partition coefficient (Wildman–Crippen LogP) is 2.48. The zero-order valence-electron chi connectivity index (χ0n) is 12.6. The SMILES string of the molecule is O=C(COc1ccc(OC(F)(F)F)cc1)NC1(C(=O)O)CCCC1. The fourth-order valence-corrected chi connectivity index (χ4v) is 2.56. The summed E-state index contributed by atoms with van der Waals surface area (Å²) in [6, 6.07) is 4.54. The molecule has 2 N–H and O–H groups in total. The van der Waals surface area contributed by atoms with Crippen LogP contribution < -0.4 is 14.8 Å². The lowest BCUT2D eigenvalue weighted by atomic mass is 9.98. The zero-order valence-corrected chi connectivity index (χ0v) is 12.6. The highest BCUT2D eigenvalue weighted by molar-refractivity contribution is 5.87. The van der Waals surface area contributed by atoms with Crippen molar-refractivity contribution in [3.63, 3.8) is 0 Å². The van der Waals surface area contributed by atoms with E-state index in [9.17, 15) is 27.9 Å². The Bertz CT molecular complexity index is 594. The Morgan fingerprint density at radius 2 is 1.67 bits per heavy atom. The normalized spacial score (nSPS) is 16.5. The molecule has 1 aliphatic carbocycles. The number of aliphatic carboxylic acids is 1. The van der Waals surface area contributed by atoms with Crippen LogP contribution in [0.25, 0.3) is 0 Å². The number of halogens is 3. The van der Waals surface area contributed by atoms with Gasteiger partial charge in [0, 0.05) is 0 Å². The van der Waals surface area contributed by atoms with Crippen LogP contribution in [0.1, 0.15) is 25.7 Å². The first-order chi connectivity index (χ1) is 11.2. The summed E-state index contributed by atoms with van der Waals surface area (Å²) in [7, 11) is 0. The minimum Gasteiger partial charge on any atom is -0.484 e. The second-order valence-corrected chi connectivity index (χ2v) is 5.45. The summed E-state index contributed by atoms with van der Waals surface area (Å²) in [5, 5.41) is 11.7. The molecule has 0 unspecified atom stereocenters. The Hall–Kier alpha value is -2.45. The van der Waals surface area contributed by atoms with Crippen molar-refractivity contribution in [2.45, 2.75) is 37.6 Å². The van der Waals surface area contributed by atoms with Crippen LogP contribution in [0.3, 0.4) is 0 Å². The van der Waals surface area contributed by atoms with E-state index in [1.807, 2.05) is 0 Å². The van der Waals surface area contributed by atoms with Crippen molar-refractivity contribution in [2.24, 2.45) is 0 Å². The van der Waals surface area contributed by atoms with Gasteiger partial charge in [0.15, 0.2) is 6.61 Å². The Kier molecular flexibility index (Phi) is 5.20. The van der Waals surface area contributed by atoms with Crippen LogP contribution in [0.4, 0.5) is 13.2 Å². The molecule has 6 nitrogen and oxygen atoms in total. The lowest BCUT2D eigenvalue weighted by molar-refractivity contribution is -0.274. The predicted molar refractivity (Wildman–Crippen MR) is 75.6 cm³/mol. The molecule has 0 aliphatic heterocycles. The molecular weight excluding hydrogens is 331 g/mol. The van der Waals surface area contributed by atoms with Crippen LogP contribution in [0.5, 0.6) is 11.5 Å². The maximum atomic E-state index is 12.0. The molecule has 0 spiro atoms. The number of ether oxygens (including phenoxy) is 2. The summed E-state index contributed by atoms with van der Waals surface area (Å²) in [5.41, 5.74) is -1.26. The molecule has 1 saturated carbocycles. The number of rotatable bonds is 6. The Balaban J connectivity index is 1.86. The summed E-state index contributed by atoms with van der Waals surface area (Å²) >= 11 is 0. The molecule has 1 aromatic rings. The summed E-state index contributed by atoms with van der Waals surface area (Å²) in [6.45, 7) is -0.436. The van der Waals surface area contributed by atoms with Crippen molar-refractivity contribution < 1.29 is 37.3 Å². The standard InChI is InChI=1S/C15H16F3NO5/c16-15(17,18)24-11-5-3-10(4-6-11)23-9-12(20)19-14(13(21)22)7-1-2-8-14/h3-6H,1-2,7-9H2,(H,19,20)(H,21,22). The highest BCUT2D eigenvalue weighted by Crippen LogP contribution is 2.30. The average Bonchev–Trinajstić information content (AvgIpc) is 2.95. The molecule has 1 aliphatic rings. The average molecular weight is 347 g/mol. The third-order valence-corrected chi connectivity index (χ3v) is 3.67. The van der Waals surface area contributed by atoms with Gasteiger partial charge in [-0.2, -0.15) is 0 Å². The Labute approximate surface area is 135 Å². The van der Waals surface area contributed by atoms with Crippen molar-refractivity contribution in [1.82, 2.24) is 5.32 Å². The first-order valence-electron chi connectivity index (χ1n) is 7.23. The quantitative estimate of drug-likeness (QED) is 0.826. The number of hydrogen-bond acceptors (Lipinski definition) is 4. The van der Waals surface area contributed by atoms with Crippen molar-refractivity contribution >= 4 is 11.9 Å². The molecule has 0 bridgehead atoms. The van der Waals surface area contributed by atoms with E-state index >= 15 is 0 Å². The number of carbonyl (C=O) groups is 2. The van der Waals surface area contributed by atoms with Gasteiger partial charge in [0.2, 0.25) is 0 Å². The van der Waals surface area contributed by atoms with Crippen molar-refractivity contribution in [3.8, 4) is 11.5 Å². The van der Waals surface area contributed by atoms with E-state index in [0.29, 0.717) is 25.7 Å². The van der Waals surface area contributed by atoms with E-state index in [4.69, 9.17) is 4.74 Å². The molecule has 2 rings (SSSR count). The molecule has 1 amide bonds. The van der Waals surface area contributed by atoms with Gasteiger partial charge < -0.3 is 19.9 Å². The van der Waals surface area contributed by atoms with Gasteiger partial charge in [-0.25, -0.2) is 4.79 Å². The van der Waals surface area contributed by atoms with Gasteiger partial charge in [0.25, 0.3) is 5.91 Å². The molecule has 0 heterocycles. The fourth-order valence-electron chi connectivity index (χ4n) is 2.56. The molecule has 24 heavy (non-hydrogen) atoms. The van der Waals surface area contributed by atoms with Gasteiger partial charge in [-0.3, -0.25) is 4.79 Å². The molecule has 132 valence electrons. The zero-order chi connectivity index (χ0) is 17.8. The highest BCUT2D eigenvalue weighted by atomic mass is 19.4. The van der Waals surface area contributed by atoms with Gasteiger partial charge in [-0.15, -0.1) is 13.2 Å². The van der Waals surface area contributed by atoms with Gasteiger partial charge in [-0.1, -0.05) is 12.8 Å². The fraction of sp³-hybridized carbons (Fsp3) is 0.467. The molecule has 9 heteroatoms. The maximum Gasteiger partial charge on any atom is 0.573 e. The number of carboxylic acids is 1. The van der Waals surface area contributed by atoms with Gasteiger partial charge in [0.05, 0.1) is 0 Å². The van der Waals surface area contributed by atoms with Crippen molar-refractivity contribution in [1.29, 1.82) is 0 Å². The van der Waals surface area contributed by atoms with Crippen LogP contribution >= 0.6 is 0 Å². The van der Waals surface area contributed by atoms with E-state index in [-0.39, 0.29) is 5.75 Å². The third-order valence-electron chi connectivity index (χ3n) is 3.67.